The van der Waals surface area contributed by atoms with Crippen LogP contribution in [-0.2, 0) is 6.61 Å². The second-order valence-corrected chi connectivity index (χ2v) is 4.63. The molecule has 2 N–H and O–H groups in total. The molecule has 0 bridgehead atoms. The van der Waals surface area contributed by atoms with Crippen molar-refractivity contribution in [1.29, 1.82) is 5.26 Å². The van der Waals surface area contributed by atoms with Crippen LogP contribution in [0.15, 0.2) is 40.9 Å². The maximum absolute atomic E-state index is 13.4. The van der Waals surface area contributed by atoms with Gasteiger partial charge in [0.1, 0.15) is 29.8 Å². The summed E-state index contributed by atoms with van der Waals surface area (Å²) in [6, 6.07) is 11.5. The van der Waals surface area contributed by atoms with Crippen LogP contribution in [0, 0.1) is 17.1 Å². The van der Waals surface area contributed by atoms with Gasteiger partial charge < -0.3 is 10.5 Å². The fraction of sp³-hybridized carbons (Fsp3) is 0.0714. The number of nitrogens with two attached hydrogens (primary N) is 1. The van der Waals surface area contributed by atoms with Crippen LogP contribution in [0.4, 0.5) is 10.1 Å². The zero-order valence-corrected chi connectivity index (χ0v) is 11.4. The molecule has 0 radical (unpaired) electrons. The predicted octanol–water partition coefficient (Wildman–Crippen LogP) is 3.62. The summed E-state index contributed by atoms with van der Waals surface area (Å²) in [4.78, 5) is 0. The number of benzene rings is 2. The van der Waals surface area contributed by atoms with Crippen LogP contribution in [-0.4, -0.2) is 0 Å². The molecular formula is C14H10BrFN2O. The van der Waals surface area contributed by atoms with Crippen molar-refractivity contribution < 1.29 is 9.13 Å². The SMILES string of the molecule is N#Cc1c(F)cccc1OCc1cccc(N)c1Br. The Labute approximate surface area is 118 Å². The monoisotopic (exact) mass is 320 g/mol. The molecule has 0 saturated heterocycles. The molecular weight excluding hydrogens is 311 g/mol. The summed E-state index contributed by atoms with van der Waals surface area (Å²) in [7, 11) is 0. The molecule has 0 heterocycles. The van der Waals surface area contributed by atoms with E-state index >= 15 is 0 Å². The summed E-state index contributed by atoms with van der Waals surface area (Å²) in [5.41, 5.74) is 7.09. The Morgan fingerprint density at radius 2 is 2.00 bits per heavy atom. The van der Waals surface area contributed by atoms with Crippen molar-refractivity contribution in [1.82, 2.24) is 0 Å². The molecule has 0 aliphatic heterocycles. The molecule has 0 aromatic heterocycles. The number of hydrogen-bond acceptors (Lipinski definition) is 3. The van der Waals surface area contributed by atoms with E-state index in [1.165, 1.54) is 12.1 Å². The number of halogens is 2. The van der Waals surface area contributed by atoms with E-state index in [0.717, 1.165) is 10.0 Å². The van der Waals surface area contributed by atoms with Crippen LogP contribution in [0.5, 0.6) is 5.75 Å². The van der Waals surface area contributed by atoms with Gasteiger partial charge in [-0.15, -0.1) is 0 Å². The van der Waals surface area contributed by atoms with E-state index in [1.807, 2.05) is 6.07 Å². The molecule has 0 aliphatic carbocycles. The molecule has 0 amide bonds. The van der Waals surface area contributed by atoms with Crippen molar-refractivity contribution in [2.75, 3.05) is 5.73 Å². The van der Waals surface area contributed by atoms with Crippen LogP contribution in [0.2, 0.25) is 0 Å². The van der Waals surface area contributed by atoms with Crippen LogP contribution in [0.1, 0.15) is 11.1 Å². The molecule has 0 saturated carbocycles. The third-order valence-corrected chi connectivity index (χ3v) is 3.55. The van der Waals surface area contributed by atoms with Crippen molar-refractivity contribution in [2.24, 2.45) is 0 Å². The number of nitrogen functional groups attached to an aromatic ring is 1. The highest BCUT2D eigenvalue weighted by Crippen LogP contribution is 2.26. The standard InChI is InChI=1S/C14H10BrFN2O/c15-14-9(3-1-5-12(14)18)8-19-13-6-2-4-11(16)10(13)7-17/h1-6H,8,18H2. The molecule has 0 unspecified atom stereocenters. The lowest BCUT2D eigenvalue weighted by Crippen LogP contribution is -2.00. The fourth-order valence-electron chi connectivity index (χ4n) is 1.60. The summed E-state index contributed by atoms with van der Waals surface area (Å²) in [6.45, 7) is 0.198. The number of rotatable bonds is 3. The number of nitriles is 1. The summed E-state index contributed by atoms with van der Waals surface area (Å²) in [5.74, 6) is -0.372. The van der Waals surface area contributed by atoms with E-state index in [1.54, 1.807) is 24.3 Å². The van der Waals surface area contributed by atoms with Crippen LogP contribution in [0.25, 0.3) is 0 Å². The Bertz CT molecular complexity index is 652. The quantitative estimate of drug-likeness (QED) is 0.879. The third kappa shape index (κ3) is 2.85. The van der Waals surface area contributed by atoms with E-state index < -0.39 is 5.82 Å². The Hall–Kier alpha value is -2.06. The number of ether oxygens (including phenoxy) is 1. The van der Waals surface area contributed by atoms with Gasteiger partial charge >= 0.3 is 0 Å². The van der Waals surface area contributed by atoms with Gasteiger partial charge in [-0.25, -0.2) is 4.39 Å². The van der Waals surface area contributed by atoms with E-state index in [0.29, 0.717) is 5.69 Å². The van der Waals surface area contributed by atoms with Gasteiger partial charge in [-0.2, -0.15) is 5.26 Å². The van der Waals surface area contributed by atoms with E-state index in [4.69, 9.17) is 15.7 Å². The minimum Gasteiger partial charge on any atom is -0.487 e. The molecule has 5 heteroatoms. The Morgan fingerprint density at radius 1 is 1.26 bits per heavy atom. The molecule has 19 heavy (non-hydrogen) atoms. The molecule has 3 nitrogen and oxygen atoms in total. The summed E-state index contributed by atoms with van der Waals surface area (Å²) in [6.07, 6.45) is 0. The third-order valence-electron chi connectivity index (χ3n) is 2.58. The van der Waals surface area contributed by atoms with E-state index in [2.05, 4.69) is 15.9 Å². The first kappa shape index (κ1) is 13.4. The normalized spacial score (nSPS) is 9.95. The van der Waals surface area contributed by atoms with Crippen LogP contribution >= 0.6 is 15.9 Å². The summed E-state index contributed by atoms with van der Waals surface area (Å²) in [5, 5.41) is 8.90. The lowest BCUT2D eigenvalue weighted by molar-refractivity contribution is 0.303. The average Bonchev–Trinajstić information content (AvgIpc) is 2.40. The number of nitrogens with zero attached hydrogens (tertiary/aromatic N) is 1. The van der Waals surface area contributed by atoms with Crippen molar-refractivity contribution in [3.8, 4) is 11.8 Å². The van der Waals surface area contributed by atoms with Gasteiger partial charge in [0, 0.05) is 15.7 Å². The Kier molecular flexibility index (Phi) is 4.03. The average molecular weight is 321 g/mol. The van der Waals surface area contributed by atoms with Gasteiger partial charge in [0.2, 0.25) is 0 Å². The second-order valence-electron chi connectivity index (χ2n) is 3.83. The first-order valence-corrected chi connectivity index (χ1v) is 6.27. The number of hydrogen-bond donors (Lipinski definition) is 1. The first-order valence-electron chi connectivity index (χ1n) is 5.47. The van der Waals surface area contributed by atoms with Gasteiger partial charge in [-0.05, 0) is 34.1 Å². The van der Waals surface area contributed by atoms with Gasteiger partial charge in [0.05, 0.1) is 0 Å². The van der Waals surface area contributed by atoms with E-state index in [-0.39, 0.29) is 17.9 Å². The Morgan fingerprint density at radius 3 is 2.74 bits per heavy atom. The van der Waals surface area contributed by atoms with Gasteiger partial charge in [-0.1, -0.05) is 18.2 Å². The predicted molar refractivity (Wildman–Crippen MR) is 74.0 cm³/mol. The molecule has 0 aliphatic rings. The molecule has 2 rings (SSSR count). The lowest BCUT2D eigenvalue weighted by atomic mass is 10.2. The van der Waals surface area contributed by atoms with Gasteiger partial charge in [-0.3, -0.25) is 0 Å². The number of anilines is 1. The zero-order chi connectivity index (χ0) is 13.8. The first-order chi connectivity index (χ1) is 9.13. The lowest BCUT2D eigenvalue weighted by Gasteiger charge is -2.10. The minimum atomic E-state index is -0.591. The van der Waals surface area contributed by atoms with Crippen LogP contribution in [0.3, 0.4) is 0 Å². The highest BCUT2D eigenvalue weighted by molar-refractivity contribution is 9.10. The second kappa shape index (κ2) is 5.72. The molecule has 2 aromatic rings. The summed E-state index contributed by atoms with van der Waals surface area (Å²) < 4.78 is 19.6. The Balaban J connectivity index is 2.22. The topological polar surface area (TPSA) is 59.0 Å². The highest BCUT2D eigenvalue weighted by Gasteiger charge is 2.10. The van der Waals surface area contributed by atoms with Crippen molar-refractivity contribution in [3.05, 3.63) is 57.8 Å². The minimum absolute atomic E-state index is 0.0949. The van der Waals surface area contributed by atoms with Crippen molar-refractivity contribution in [2.45, 2.75) is 6.61 Å². The summed E-state index contributed by atoms with van der Waals surface area (Å²) >= 11 is 3.36. The molecule has 0 fully saturated rings. The van der Waals surface area contributed by atoms with Crippen molar-refractivity contribution >= 4 is 21.6 Å². The molecule has 96 valence electrons. The van der Waals surface area contributed by atoms with Gasteiger partial charge in [0.15, 0.2) is 0 Å². The largest absolute Gasteiger partial charge is 0.487 e. The maximum Gasteiger partial charge on any atom is 0.144 e. The zero-order valence-electron chi connectivity index (χ0n) is 9.86. The highest BCUT2D eigenvalue weighted by atomic mass is 79.9. The molecule has 2 aromatic carbocycles. The van der Waals surface area contributed by atoms with E-state index in [9.17, 15) is 4.39 Å². The fourth-order valence-corrected chi connectivity index (χ4v) is 1.98. The molecule has 0 atom stereocenters. The smallest absolute Gasteiger partial charge is 0.144 e. The maximum atomic E-state index is 13.4. The van der Waals surface area contributed by atoms with Crippen LogP contribution < -0.4 is 10.5 Å². The van der Waals surface area contributed by atoms with Crippen molar-refractivity contribution in [3.63, 3.8) is 0 Å². The van der Waals surface area contributed by atoms with Gasteiger partial charge in [0.25, 0.3) is 0 Å². The molecule has 0 spiro atoms.